The molecule has 3 aliphatic rings. The van der Waals surface area contributed by atoms with E-state index in [4.69, 9.17) is 28.4 Å². The van der Waals surface area contributed by atoms with Crippen LogP contribution in [0.25, 0.3) is 0 Å². The molecular formula is C28H34O14. The topological polar surface area (TPSA) is 214 Å². The van der Waals surface area contributed by atoms with Crippen LogP contribution in [-0.4, -0.2) is 117 Å². The predicted octanol–water partition coefficient (Wildman–Crippen LogP) is -0.862. The lowest BCUT2D eigenvalue weighted by atomic mass is 9.95. The van der Waals surface area contributed by atoms with Gasteiger partial charge in [0.2, 0.25) is 6.29 Å². The zero-order valence-electron chi connectivity index (χ0n) is 22.7. The summed E-state index contributed by atoms with van der Waals surface area (Å²) in [4.78, 5) is 12.9. The highest BCUT2D eigenvalue weighted by Gasteiger charge is 2.50. The highest BCUT2D eigenvalue weighted by molar-refractivity contribution is 6.02. The largest absolute Gasteiger partial charge is 0.507 e. The van der Waals surface area contributed by atoms with Gasteiger partial charge in [-0.25, -0.2) is 0 Å². The molecule has 11 unspecified atom stereocenters. The van der Waals surface area contributed by atoms with Crippen molar-refractivity contribution in [1.29, 1.82) is 0 Å². The van der Waals surface area contributed by atoms with E-state index in [1.165, 1.54) is 20.1 Å². The second-order valence-electron chi connectivity index (χ2n) is 10.4. The van der Waals surface area contributed by atoms with Gasteiger partial charge in [0.1, 0.15) is 77.4 Å². The molecule has 0 aromatic heterocycles. The van der Waals surface area contributed by atoms with Gasteiger partial charge in [-0.15, -0.1) is 0 Å². The zero-order valence-corrected chi connectivity index (χ0v) is 22.7. The fourth-order valence-corrected chi connectivity index (χ4v) is 5.25. The number of carbonyl (C=O) groups excluding carboxylic acids is 1. The minimum Gasteiger partial charge on any atom is -0.507 e. The number of aliphatic hydroxyl groups excluding tert-OH is 6. The third kappa shape index (κ3) is 5.77. The molecule has 3 heterocycles. The van der Waals surface area contributed by atoms with Crippen molar-refractivity contribution in [1.82, 2.24) is 0 Å². The van der Waals surface area contributed by atoms with Crippen molar-refractivity contribution < 1.29 is 69.0 Å². The summed E-state index contributed by atoms with van der Waals surface area (Å²) < 4.78 is 33.6. The molecule has 0 bridgehead atoms. The van der Waals surface area contributed by atoms with E-state index in [1.807, 2.05) is 0 Å². The average molecular weight is 595 g/mol. The van der Waals surface area contributed by atoms with Crippen LogP contribution in [0.4, 0.5) is 0 Å². The number of aliphatic hydroxyl groups is 6. The third-order valence-corrected chi connectivity index (χ3v) is 7.63. The summed E-state index contributed by atoms with van der Waals surface area (Å²) in [5.74, 6) is -0.0652. The number of rotatable bonds is 7. The van der Waals surface area contributed by atoms with Crippen molar-refractivity contribution in [2.24, 2.45) is 0 Å². The van der Waals surface area contributed by atoms with Gasteiger partial charge in [0.05, 0.1) is 26.2 Å². The maximum Gasteiger partial charge on any atom is 0.229 e. The number of hydrogen-bond acceptors (Lipinski definition) is 14. The van der Waals surface area contributed by atoms with Gasteiger partial charge in [-0.3, -0.25) is 4.79 Å². The Morgan fingerprint density at radius 1 is 0.881 bits per heavy atom. The zero-order chi connectivity index (χ0) is 30.3. The summed E-state index contributed by atoms with van der Waals surface area (Å²) in [6.07, 6.45) is -15.5. The van der Waals surface area contributed by atoms with E-state index in [0.717, 1.165) is 6.07 Å². The van der Waals surface area contributed by atoms with Gasteiger partial charge in [0.25, 0.3) is 0 Å². The first-order chi connectivity index (χ1) is 20.0. The molecule has 2 aromatic carbocycles. The van der Waals surface area contributed by atoms with Gasteiger partial charge in [-0.05, 0) is 24.6 Å². The molecule has 3 aliphatic heterocycles. The van der Waals surface area contributed by atoms with Crippen LogP contribution in [0.15, 0.2) is 36.4 Å². The van der Waals surface area contributed by atoms with Gasteiger partial charge in [-0.2, -0.15) is 0 Å². The number of carbonyl (C=O) groups is 1. The Labute approximate surface area is 240 Å². The van der Waals surface area contributed by atoms with Crippen molar-refractivity contribution in [3.8, 4) is 23.0 Å². The molecule has 0 saturated carbocycles. The minimum absolute atomic E-state index is 0.00289. The number of ether oxygens (including phenoxy) is 6. The summed E-state index contributed by atoms with van der Waals surface area (Å²) in [6, 6.07) is 9.53. The highest BCUT2D eigenvalue weighted by Crippen LogP contribution is 2.43. The molecule has 11 atom stereocenters. The summed E-state index contributed by atoms with van der Waals surface area (Å²) in [7, 11) is 1.54. The monoisotopic (exact) mass is 594 g/mol. The molecule has 2 saturated heterocycles. The number of phenols is 1. The average Bonchev–Trinajstić information content (AvgIpc) is 2.97. The second-order valence-corrected chi connectivity index (χ2v) is 10.4. The third-order valence-electron chi connectivity index (χ3n) is 7.63. The SMILES string of the molecule is COc1ccc(C2CC(=O)c3c(O)cc(OC4OC(C)C(OC5OC(CO)C(O)C(O)C5O)C(O)C4O)cc3O2)cc1. The maximum absolute atomic E-state index is 12.9. The Bertz CT molecular complexity index is 1250. The number of methoxy groups -OCH3 is 1. The molecule has 0 aliphatic carbocycles. The van der Waals surface area contributed by atoms with Crippen LogP contribution < -0.4 is 14.2 Å². The Morgan fingerprint density at radius 3 is 2.24 bits per heavy atom. The number of phenolic OH excluding ortho intramolecular Hbond substituents is 1. The Kier molecular flexibility index (Phi) is 8.89. The van der Waals surface area contributed by atoms with E-state index >= 15 is 0 Å². The van der Waals surface area contributed by atoms with E-state index in [-0.39, 0.29) is 29.3 Å². The Morgan fingerprint density at radius 2 is 1.57 bits per heavy atom. The van der Waals surface area contributed by atoms with Crippen molar-refractivity contribution >= 4 is 5.78 Å². The first-order valence-electron chi connectivity index (χ1n) is 13.4. The number of benzene rings is 2. The van der Waals surface area contributed by atoms with Crippen LogP contribution in [0.3, 0.4) is 0 Å². The van der Waals surface area contributed by atoms with Crippen LogP contribution >= 0.6 is 0 Å². The van der Waals surface area contributed by atoms with Crippen molar-refractivity contribution in [3.63, 3.8) is 0 Å². The maximum atomic E-state index is 12.9. The fourth-order valence-electron chi connectivity index (χ4n) is 5.25. The molecule has 5 rings (SSSR count). The second kappa shape index (κ2) is 12.3. The molecule has 230 valence electrons. The first kappa shape index (κ1) is 30.4. The van der Waals surface area contributed by atoms with Gasteiger partial charge >= 0.3 is 0 Å². The van der Waals surface area contributed by atoms with Crippen molar-refractivity contribution in [3.05, 3.63) is 47.5 Å². The van der Waals surface area contributed by atoms with Gasteiger partial charge in [0, 0.05) is 12.1 Å². The van der Waals surface area contributed by atoms with Crippen LogP contribution in [-0.2, 0) is 14.2 Å². The van der Waals surface area contributed by atoms with E-state index in [9.17, 15) is 40.5 Å². The van der Waals surface area contributed by atoms with E-state index in [2.05, 4.69) is 0 Å². The fraction of sp³-hybridized carbons (Fsp3) is 0.536. The lowest BCUT2D eigenvalue weighted by Crippen LogP contribution is -2.64. The number of hydrogen-bond donors (Lipinski definition) is 7. The van der Waals surface area contributed by atoms with Crippen LogP contribution in [0, 0.1) is 0 Å². The number of aromatic hydroxyl groups is 1. The predicted molar refractivity (Wildman–Crippen MR) is 139 cm³/mol. The molecule has 2 fully saturated rings. The molecule has 2 aromatic rings. The molecule has 0 amide bonds. The van der Waals surface area contributed by atoms with E-state index < -0.39 is 79.9 Å². The lowest BCUT2D eigenvalue weighted by Gasteiger charge is -2.45. The Hall–Kier alpha value is -3.05. The molecular weight excluding hydrogens is 560 g/mol. The molecule has 14 heteroatoms. The van der Waals surface area contributed by atoms with Gasteiger partial charge in [0.15, 0.2) is 12.1 Å². The first-order valence-corrected chi connectivity index (χ1v) is 13.4. The van der Waals surface area contributed by atoms with Crippen molar-refractivity contribution in [2.45, 2.75) is 80.9 Å². The summed E-state index contributed by atoms with van der Waals surface area (Å²) in [5, 5.41) is 71.9. The van der Waals surface area contributed by atoms with Crippen LogP contribution in [0.1, 0.15) is 35.4 Å². The van der Waals surface area contributed by atoms with Crippen LogP contribution in [0.5, 0.6) is 23.0 Å². The molecule has 42 heavy (non-hydrogen) atoms. The minimum atomic E-state index is -1.73. The molecule has 7 N–H and O–H groups in total. The lowest BCUT2D eigenvalue weighted by molar-refractivity contribution is -0.348. The normalized spacial score (nSPS) is 36.6. The van der Waals surface area contributed by atoms with Gasteiger partial charge < -0.3 is 64.2 Å². The standard InChI is InChI=1S/C28H34O14/c1-11-26(42-28-24(35)22(33)21(32)19(10-29)41-28)23(34)25(36)27(38-11)39-14-7-15(30)20-16(31)9-17(40-18(20)8-14)12-3-5-13(37-2)6-4-12/h3-8,11,17,19,21-30,32-36H,9-10H2,1-2H3. The van der Waals surface area contributed by atoms with Gasteiger partial charge in [-0.1, -0.05) is 12.1 Å². The Balaban J connectivity index is 1.29. The summed E-state index contributed by atoms with van der Waals surface area (Å²) >= 11 is 0. The van der Waals surface area contributed by atoms with E-state index in [0.29, 0.717) is 11.3 Å². The number of Topliss-reactive ketones (excluding diaryl/α,β-unsaturated/α-hetero) is 1. The summed E-state index contributed by atoms with van der Waals surface area (Å²) in [5.41, 5.74) is 0.702. The molecule has 14 nitrogen and oxygen atoms in total. The summed E-state index contributed by atoms with van der Waals surface area (Å²) in [6.45, 7) is 0.818. The quantitative estimate of drug-likeness (QED) is 0.208. The molecule has 0 spiro atoms. The number of fused-ring (bicyclic) bond motifs is 1. The van der Waals surface area contributed by atoms with Crippen LogP contribution in [0.2, 0.25) is 0 Å². The number of ketones is 1. The molecule has 0 radical (unpaired) electrons. The van der Waals surface area contributed by atoms with E-state index in [1.54, 1.807) is 24.3 Å². The van der Waals surface area contributed by atoms with Crippen molar-refractivity contribution in [2.75, 3.05) is 13.7 Å². The smallest absolute Gasteiger partial charge is 0.229 e. The highest BCUT2D eigenvalue weighted by atomic mass is 16.7.